The first-order chi connectivity index (χ1) is 13.9. The number of hydrogen-bond donors (Lipinski definition) is 2. The molecule has 1 atom stereocenters. The molecule has 9 heteroatoms. The Balaban J connectivity index is 1.61. The molecule has 1 amide bonds. The number of ether oxygens (including phenoxy) is 2. The average molecular weight is 420 g/mol. The summed E-state index contributed by atoms with van der Waals surface area (Å²) in [5.41, 5.74) is 1.33. The highest BCUT2D eigenvalue weighted by Crippen LogP contribution is 2.22. The molecule has 0 aliphatic carbocycles. The van der Waals surface area contributed by atoms with Crippen LogP contribution >= 0.6 is 0 Å². The van der Waals surface area contributed by atoms with E-state index in [1.54, 1.807) is 0 Å². The molecule has 0 spiro atoms. The van der Waals surface area contributed by atoms with E-state index in [9.17, 15) is 13.2 Å². The lowest BCUT2D eigenvalue weighted by atomic mass is 10.1. The predicted octanol–water partition coefficient (Wildman–Crippen LogP) is 0.973. The first-order valence-corrected chi connectivity index (χ1v) is 10.8. The van der Waals surface area contributed by atoms with Crippen LogP contribution in [0.25, 0.3) is 0 Å². The lowest BCUT2D eigenvalue weighted by molar-refractivity contribution is -0.0292. The van der Waals surface area contributed by atoms with Crippen molar-refractivity contribution in [1.82, 2.24) is 10.2 Å². The summed E-state index contributed by atoms with van der Waals surface area (Å²) in [4.78, 5) is 14.8. The Morgan fingerprint density at radius 2 is 2.03 bits per heavy atom. The zero-order chi connectivity index (χ0) is 20.9. The molecule has 1 aliphatic rings. The van der Waals surface area contributed by atoms with Crippen LogP contribution in [0.2, 0.25) is 0 Å². The van der Waals surface area contributed by atoms with Gasteiger partial charge in [-0.05, 0) is 23.8 Å². The maximum atomic E-state index is 12.6. The highest BCUT2D eigenvalue weighted by Gasteiger charge is 2.23. The molecular formula is C20H25N3O5S. The van der Waals surface area contributed by atoms with Gasteiger partial charge in [-0.15, -0.1) is 0 Å². The summed E-state index contributed by atoms with van der Waals surface area (Å²) in [7, 11) is -2.51. The molecule has 8 nitrogen and oxygen atoms in total. The fourth-order valence-corrected chi connectivity index (χ4v) is 3.77. The molecular weight excluding hydrogens is 394 g/mol. The van der Waals surface area contributed by atoms with E-state index in [4.69, 9.17) is 14.6 Å². The minimum atomic E-state index is -3.92. The van der Waals surface area contributed by atoms with Gasteiger partial charge in [0.1, 0.15) is 5.75 Å². The van der Waals surface area contributed by atoms with E-state index in [2.05, 4.69) is 22.3 Å². The predicted molar refractivity (Wildman–Crippen MR) is 108 cm³/mol. The maximum Gasteiger partial charge on any atom is 0.255 e. The Labute approximate surface area is 170 Å². The van der Waals surface area contributed by atoms with E-state index in [1.165, 1.54) is 30.9 Å². The van der Waals surface area contributed by atoms with E-state index in [-0.39, 0.29) is 22.3 Å². The molecule has 2 aromatic rings. The maximum absolute atomic E-state index is 12.6. The monoisotopic (exact) mass is 419 g/mol. The van der Waals surface area contributed by atoms with Crippen molar-refractivity contribution in [1.29, 1.82) is 0 Å². The molecule has 1 fully saturated rings. The van der Waals surface area contributed by atoms with Crippen molar-refractivity contribution in [3.05, 3.63) is 59.7 Å². The van der Waals surface area contributed by atoms with Gasteiger partial charge >= 0.3 is 0 Å². The number of rotatable bonds is 7. The van der Waals surface area contributed by atoms with Crippen LogP contribution in [0.4, 0.5) is 0 Å². The first kappa shape index (κ1) is 21.3. The quantitative estimate of drug-likeness (QED) is 0.692. The minimum absolute atomic E-state index is 0.107. The normalized spacial score (nSPS) is 17.7. The largest absolute Gasteiger partial charge is 0.496 e. The smallest absolute Gasteiger partial charge is 0.255 e. The number of nitrogens with two attached hydrogens (primary N) is 1. The number of carbonyl (C=O) groups excluding carboxylic acids is 1. The zero-order valence-electron chi connectivity index (χ0n) is 16.2. The zero-order valence-corrected chi connectivity index (χ0v) is 17.0. The van der Waals surface area contributed by atoms with Gasteiger partial charge in [-0.3, -0.25) is 9.69 Å². The van der Waals surface area contributed by atoms with Crippen LogP contribution in [0, 0.1) is 0 Å². The van der Waals surface area contributed by atoms with Gasteiger partial charge in [-0.25, -0.2) is 13.6 Å². The third kappa shape index (κ3) is 5.77. The van der Waals surface area contributed by atoms with Gasteiger partial charge in [-0.1, -0.05) is 30.3 Å². The number of hydrogen-bond acceptors (Lipinski definition) is 6. The van der Waals surface area contributed by atoms with E-state index in [1.807, 2.05) is 18.2 Å². The van der Waals surface area contributed by atoms with Crippen LogP contribution in [0.1, 0.15) is 15.9 Å². The van der Waals surface area contributed by atoms with Crippen LogP contribution in [-0.4, -0.2) is 58.7 Å². The number of methoxy groups -OCH3 is 1. The van der Waals surface area contributed by atoms with Gasteiger partial charge in [0.05, 0.1) is 30.3 Å². The summed E-state index contributed by atoms with van der Waals surface area (Å²) >= 11 is 0. The Morgan fingerprint density at radius 3 is 2.72 bits per heavy atom. The molecule has 0 saturated carbocycles. The van der Waals surface area contributed by atoms with Gasteiger partial charge in [-0.2, -0.15) is 0 Å². The van der Waals surface area contributed by atoms with Crippen molar-refractivity contribution < 1.29 is 22.7 Å². The molecule has 156 valence electrons. The van der Waals surface area contributed by atoms with E-state index < -0.39 is 15.9 Å². The molecule has 1 heterocycles. The summed E-state index contributed by atoms with van der Waals surface area (Å²) in [5, 5.41) is 7.96. The first-order valence-electron chi connectivity index (χ1n) is 9.24. The average Bonchev–Trinajstić information content (AvgIpc) is 2.72. The van der Waals surface area contributed by atoms with Crippen LogP contribution < -0.4 is 15.2 Å². The van der Waals surface area contributed by atoms with Gasteiger partial charge in [0, 0.05) is 26.2 Å². The lowest BCUT2D eigenvalue weighted by Crippen LogP contribution is -2.47. The van der Waals surface area contributed by atoms with E-state index in [0.29, 0.717) is 19.7 Å². The second-order valence-corrected chi connectivity index (χ2v) is 8.39. The number of carbonyl (C=O) groups is 1. The number of benzene rings is 2. The Hall–Kier alpha value is -2.46. The summed E-state index contributed by atoms with van der Waals surface area (Å²) < 4.78 is 34.1. The number of primary sulfonamides is 1. The van der Waals surface area contributed by atoms with Crippen molar-refractivity contribution in [2.75, 3.05) is 33.4 Å². The van der Waals surface area contributed by atoms with Gasteiger partial charge < -0.3 is 14.8 Å². The van der Waals surface area contributed by atoms with Crippen molar-refractivity contribution in [2.45, 2.75) is 17.5 Å². The number of amides is 1. The molecule has 3 N–H and O–H groups in total. The van der Waals surface area contributed by atoms with Gasteiger partial charge in [0.15, 0.2) is 0 Å². The van der Waals surface area contributed by atoms with Crippen molar-refractivity contribution >= 4 is 15.9 Å². The highest BCUT2D eigenvalue weighted by molar-refractivity contribution is 7.89. The molecule has 1 saturated heterocycles. The third-order valence-electron chi connectivity index (χ3n) is 4.71. The molecule has 0 bridgehead atoms. The summed E-state index contributed by atoms with van der Waals surface area (Å²) in [6.07, 6.45) is -0.163. The molecule has 2 aromatic carbocycles. The highest BCUT2D eigenvalue weighted by atomic mass is 32.2. The van der Waals surface area contributed by atoms with Crippen molar-refractivity contribution in [3.63, 3.8) is 0 Å². The van der Waals surface area contributed by atoms with E-state index >= 15 is 0 Å². The topological polar surface area (TPSA) is 111 Å². The van der Waals surface area contributed by atoms with Gasteiger partial charge in [0.25, 0.3) is 5.91 Å². The number of nitrogens with one attached hydrogen (secondary N) is 1. The van der Waals surface area contributed by atoms with Crippen LogP contribution in [0.5, 0.6) is 5.75 Å². The van der Waals surface area contributed by atoms with Crippen molar-refractivity contribution in [2.24, 2.45) is 5.14 Å². The summed E-state index contributed by atoms with van der Waals surface area (Å²) in [6.45, 7) is 3.20. The minimum Gasteiger partial charge on any atom is -0.496 e. The summed E-state index contributed by atoms with van der Waals surface area (Å²) in [6, 6.07) is 14.1. The molecule has 0 unspecified atom stereocenters. The Bertz CT molecular complexity index is 950. The second-order valence-electron chi connectivity index (χ2n) is 6.83. The number of morpholine rings is 1. The van der Waals surface area contributed by atoms with Gasteiger partial charge in [0.2, 0.25) is 10.0 Å². The molecule has 0 aromatic heterocycles. The van der Waals surface area contributed by atoms with Crippen LogP contribution in [-0.2, 0) is 21.3 Å². The Kier molecular flexibility index (Phi) is 6.86. The summed E-state index contributed by atoms with van der Waals surface area (Å²) in [5.74, 6) is -0.179. The fraction of sp³-hybridized carbons (Fsp3) is 0.350. The standard InChI is InChI=1S/C20H25N3O5S/c1-27-19-8-7-17(29(21,25)26)11-18(19)20(24)22-12-16-14-23(9-10-28-16)13-15-5-3-2-4-6-15/h2-8,11,16H,9-10,12-14H2,1H3,(H,22,24)(H2,21,25,26)/t16-/m0/s1. The Morgan fingerprint density at radius 1 is 1.28 bits per heavy atom. The number of nitrogens with zero attached hydrogens (tertiary/aromatic N) is 1. The molecule has 3 rings (SSSR count). The lowest BCUT2D eigenvalue weighted by Gasteiger charge is -2.33. The van der Waals surface area contributed by atoms with Crippen molar-refractivity contribution in [3.8, 4) is 5.75 Å². The molecule has 0 radical (unpaired) electrons. The number of sulfonamides is 1. The second kappa shape index (κ2) is 9.36. The SMILES string of the molecule is COc1ccc(S(N)(=O)=O)cc1C(=O)NC[C@H]1CN(Cc2ccccc2)CCO1. The van der Waals surface area contributed by atoms with Crippen LogP contribution in [0.3, 0.4) is 0 Å². The molecule has 29 heavy (non-hydrogen) atoms. The molecule has 1 aliphatic heterocycles. The fourth-order valence-electron chi connectivity index (χ4n) is 3.23. The van der Waals surface area contributed by atoms with E-state index in [0.717, 1.165) is 13.1 Å². The third-order valence-corrected chi connectivity index (χ3v) is 5.62. The van der Waals surface area contributed by atoms with Crippen LogP contribution in [0.15, 0.2) is 53.4 Å².